The van der Waals surface area contributed by atoms with Gasteiger partial charge in [0.1, 0.15) is 5.69 Å². The fourth-order valence-electron chi connectivity index (χ4n) is 3.11. The third kappa shape index (κ3) is 4.85. The number of sulfonamides is 1. The van der Waals surface area contributed by atoms with Crippen molar-refractivity contribution in [1.29, 1.82) is 0 Å². The number of hydrogen-bond donors (Lipinski definition) is 2. The molecule has 0 radical (unpaired) electrons. The van der Waals surface area contributed by atoms with Crippen LogP contribution in [-0.2, 0) is 16.6 Å². The Bertz CT molecular complexity index is 981. The first-order chi connectivity index (χ1) is 13.1. The van der Waals surface area contributed by atoms with E-state index in [0.717, 1.165) is 42.2 Å². The number of primary sulfonamides is 1. The van der Waals surface area contributed by atoms with Crippen LogP contribution in [0.2, 0.25) is 0 Å². The molecular formula is C17H23N5O4S2. The van der Waals surface area contributed by atoms with E-state index >= 15 is 0 Å². The summed E-state index contributed by atoms with van der Waals surface area (Å²) in [5, 5.41) is 19.9. The van der Waals surface area contributed by atoms with Crippen molar-refractivity contribution < 1.29 is 13.3 Å². The molecule has 3 N–H and O–H groups in total. The number of hydrogen-bond acceptors (Lipinski definition) is 8. The molecule has 0 saturated carbocycles. The van der Waals surface area contributed by atoms with Crippen molar-refractivity contribution in [1.82, 2.24) is 9.88 Å². The Hall–Kier alpha value is -2.08. The van der Waals surface area contributed by atoms with Crippen molar-refractivity contribution in [2.75, 3.05) is 18.4 Å². The van der Waals surface area contributed by atoms with E-state index in [0.29, 0.717) is 5.13 Å². The predicted molar refractivity (Wildman–Crippen MR) is 108 cm³/mol. The molecule has 0 amide bonds. The maximum atomic E-state index is 11.5. The van der Waals surface area contributed by atoms with Gasteiger partial charge in [-0.1, -0.05) is 6.92 Å². The number of thiazole rings is 1. The van der Waals surface area contributed by atoms with Crippen LogP contribution in [0.5, 0.6) is 0 Å². The highest BCUT2D eigenvalue weighted by Crippen LogP contribution is 2.33. The molecule has 1 saturated heterocycles. The number of piperidine rings is 1. The minimum Gasteiger partial charge on any atom is -0.326 e. The fraction of sp³-hybridized carbons (Fsp3) is 0.471. The van der Waals surface area contributed by atoms with Crippen LogP contribution in [0, 0.1) is 23.0 Å². The molecule has 11 heteroatoms. The lowest BCUT2D eigenvalue weighted by Gasteiger charge is -2.29. The second-order valence-corrected chi connectivity index (χ2v) is 9.74. The summed E-state index contributed by atoms with van der Waals surface area (Å²) in [5.41, 5.74) is 0.686. The highest BCUT2D eigenvalue weighted by molar-refractivity contribution is 7.89. The van der Waals surface area contributed by atoms with Crippen LogP contribution >= 0.6 is 11.3 Å². The Morgan fingerprint density at radius 3 is 2.68 bits per heavy atom. The van der Waals surface area contributed by atoms with E-state index in [-0.39, 0.29) is 16.3 Å². The molecule has 1 aromatic heterocycles. The lowest BCUT2D eigenvalue weighted by Crippen LogP contribution is -2.32. The summed E-state index contributed by atoms with van der Waals surface area (Å²) >= 11 is 1.45. The quantitative estimate of drug-likeness (QED) is 0.537. The molecule has 2 aromatic rings. The summed E-state index contributed by atoms with van der Waals surface area (Å²) in [7, 11) is -4.02. The second kappa shape index (κ2) is 8.11. The van der Waals surface area contributed by atoms with E-state index < -0.39 is 14.9 Å². The summed E-state index contributed by atoms with van der Waals surface area (Å²) < 4.78 is 22.9. The highest BCUT2D eigenvalue weighted by atomic mass is 32.2. The first kappa shape index (κ1) is 20.6. The zero-order valence-electron chi connectivity index (χ0n) is 15.7. The first-order valence-electron chi connectivity index (χ1n) is 8.90. The number of rotatable bonds is 6. The average Bonchev–Trinajstić information content (AvgIpc) is 2.95. The van der Waals surface area contributed by atoms with Gasteiger partial charge in [-0.2, -0.15) is 0 Å². The van der Waals surface area contributed by atoms with Crippen LogP contribution in [0.1, 0.15) is 30.3 Å². The van der Waals surface area contributed by atoms with Crippen LogP contribution in [0.15, 0.2) is 23.1 Å². The molecule has 0 bridgehead atoms. The Balaban J connectivity index is 1.79. The van der Waals surface area contributed by atoms with Crippen molar-refractivity contribution in [3.63, 3.8) is 0 Å². The molecule has 9 nitrogen and oxygen atoms in total. The van der Waals surface area contributed by atoms with Gasteiger partial charge in [-0.05, 0) is 50.9 Å². The lowest BCUT2D eigenvalue weighted by atomic mass is 9.99. The number of aryl methyl sites for hydroxylation is 1. The largest absolute Gasteiger partial charge is 0.326 e. The number of anilines is 2. The fourth-order valence-corrected chi connectivity index (χ4v) is 4.66. The number of benzene rings is 1. The Morgan fingerprint density at radius 2 is 2.07 bits per heavy atom. The third-order valence-corrected chi connectivity index (χ3v) is 6.84. The summed E-state index contributed by atoms with van der Waals surface area (Å²) in [6.45, 7) is 7.11. The van der Waals surface area contributed by atoms with Crippen LogP contribution in [0.3, 0.4) is 0 Å². The summed E-state index contributed by atoms with van der Waals surface area (Å²) in [5.74, 6) is 0.761. The monoisotopic (exact) mass is 425 g/mol. The van der Waals surface area contributed by atoms with Crippen LogP contribution in [-0.4, -0.2) is 36.3 Å². The molecule has 2 heterocycles. The van der Waals surface area contributed by atoms with Crippen LogP contribution in [0.4, 0.5) is 16.5 Å². The zero-order chi connectivity index (χ0) is 20.5. The van der Waals surface area contributed by atoms with Gasteiger partial charge in [-0.15, -0.1) is 11.3 Å². The number of nitrogens with zero attached hydrogens (tertiary/aromatic N) is 3. The second-order valence-electron chi connectivity index (χ2n) is 7.09. The number of nitrogens with one attached hydrogen (secondary N) is 1. The molecule has 0 aliphatic carbocycles. The SMILES string of the molecule is Cc1nc(Nc2ccc(S(N)(=O)=O)cc2[N+](=O)[O-])sc1CN1CCC(C)CC1. The van der Waals surface area contributed by atoms with Gasteiger partial charge in [0, 0.05) is 17.5 Å². The number of nitro groups is 1. The molecule has 1 aromatic carbocycles. The maximum absolute atomic E-state index is 11.5. The predicted octanol–water partition coefficient (Wildman–Crippen LogP) is 2.98. The summed E-state index contributed by atoms with van der Waals surface area (Å²) in [6.07, 6.45) is 2.37. The van der Waals surface area contributed by atoms with Gasteiger partial charge in [0.15, 0.2) is 5.13 Å². The number of aromatic nitrogens is 1. The molecule has 1 aliphatic heterocycles. The van der Waals surface area contributed by atoms with Crippen molar-refractivity contribution >= 4 is 37.9 Å². The maximum Gasteiger partial charge on any atom is 0.294 e. The van der Waals surface area contributed by atoms with Gasteiger partial charge in [-0.25, -0.2) is 18.5 Å². The number of nitrogens with two attached hydrogens (primary N) is 1. The van der Waals surface area contributed by atoms with Gasteiger partial charge in [0.25, 0.3) is 5.69 Å². The topological polar surface area (TPSA) is 131 Å². The molecule has 28 heavy (non-hydrogen) atoms. The van der Waals surface area contributed by atoms with E-state index in [4.69, 9.17) is 5.14 Å². The molecule has 0 atom stereocenters. The van der Waals surface area contributed by atoms with Gasteiger partial charge in [0.2, 0.25) is 10.0 Å². The average molecular weight is 426 g/mol. The zero-order valence-corrected chi connectivity index (χ0v) is 17.3. The van der Waals surface area contributed by atoms with Crippen molar-refractivity contribution in [3.05, 3.63) is 38.9 Å². The van der Waals surface area contributed by atoms with Crippen molar-refractivity contribution in [3.8, 4) is 0 Å². The van der Waals surface area contributed by atoms with E-state index in [1.807, 2.05) is 6.92 Å². The van der Waals surface area contributed by atoms with Gasteiger partial charge in [0.05, 0.1) is 15.5 Å². The summed E-state index contributed by atoms with van der Waals surface area (Å²) in [4.78, 5) is 18.4. The highest BCUT2D eigenvalue weighted by Gasteiger charge is 2.21. The Kier molecular flexibility index (Phi) is 5.98. The lowest BCUT2D eigenvalue weighted by molar-refractivity contribution is -0.384. The van der Waals surface area contributed by atoms with Crippen LogP contribution in [0.25, 0.3) is 0 Å². The Morgan fingerprint density at radius 1 is 1.39 bits per heavy atom. The van der Waals surface area contributed by atoms with Gasteiger partial charge < -0.3 is 5.32 Å². The molecule has 1 fully saturated rings. The third-order valence-electron chi connectivity index (χ3n) is 4.87. The molecule has 0 spiro atoms. The van der Waals surface area contributed by atoms with Crippen LogP contribution < -0.4 is 10.5 Å². The standard InChI is InChI=1S/C17H23N5O4S2/c1-11-5-7-21(8-6-11)10-16-12(2)19-17(27-16)20-14-4-3-13(28(18,25)26)9-15(14)22(23)24/h3-4,9,11H,5-8,10H2,1-2H3,(H,19,20)(H2,18,25,26). The van der Waals surface area contributed by atoms with E-state index in [2.05, 4.69) is 22.1 Å². The van der Waals surface area contributed by atoms with E-state index in [1.54, 1.807) is 0 Å². The smallest absolute Gasteiger partial charge is 0.294 e. The molecule has 3 rings (SSSR count). The molecule has 152 valence electrons. The Labute approximate surface area is 167 Å². The number of nitro benzene ring substituents is 1. The minimum atomic E-state index is -4.02. The molecule has 0 unspecified atom stereocenters. The molecular weight excluding hydrogens is 402 g/mol. The first-order valence-corrected chi connectivity index (χ1v) is 11.3. The van der Waals surface area contributed by atoms with E-state index in [9.17, 15) is 18.5 Å². The van der Waals surface area contributed by atoms with Crippen molar-refractivity contribution in [2.45, 2.75) is 38.1 Å². The van der Waals surface area contributed by atoms with E-state index in [1.165, 1.54) is 36.3 Å². The van der Waals surface area contributed by atoms with Gasteiger partial charge >= 0.3 is 0 Å². The molecule has 1 aliphatic rings. The van der Waals surface area contributed by atoms with Crippen molar-refractivity contribution in [2.24, 2.45) is 11.1 Å². The summed E-state index contributed by atoms with van der Waals surface area (Å²) in [6, 6.07) is 3.52. The number of likely N-dealkylation sites (tertiary alicyclic amines) is 1. The normalized spacial score (nSPS) is 16.2. The van der Waals surface area contributed by atoms with Gasteiger partial charge in [-0.3, -0.25) is 15.0 Å². The minimum absolute atomic E-state index is 0.171.